The maximum atomic E-state index is 12.7. The summed E-state index contributed by atoms with van der Waals surface area (Å²) >= 11 is 0. The molecule has 0 saturated heterocycles. The Labute approximate surface area is 154 Å². The molecule has 0 unspecified atom stereocenters. The first-order chi connectivity index (χ1) is 13.0. The zero-order chi connectivity index (χ0) is 19.4. The Morgan fingerprint density at radius 1 is 1.19 bits per heavy atom. The van der Waals surface area contributed by atoms with Gasteiger partial charge in [0.05, 0.1) is 16.6 Å². The summed E-state index contributed by atoms with van der Waals surface area (Å²) in [6.45, 7) is 3.45. The number of nitrogens with zero attached hydrogens (tertiary/aromatic N) is 4. The summed E-state index contributed by atoms with van der Waals surface area (Å²) in [6, 6.07) is 15.9. The molecular formula is C19H16N6O2. The first-order valence-corrected chi connectivity index (χ1v) is 8.10. The van der Waals surface area contributed by atoms with E-state index in [1.54, 1.807) is 49.4 Å². The van der Waals surface area contributed by atoms with Crippen molar-refractivity contribution in [3.63, 3.8) is 0 Å². The average Bonchev–Trinajstić information content (AvgIpc) is 2.67. The van der Waals surface area contributed by atoms with Crippen LogP contribution < -0.4 is 16.4 Å². The lowest BCUT2D eigenvalue weighted by Crippen LogP contribution is -2.38. The maximum Gasteiger partial charge on any atom is 0.301 e. The van der Waals surface area contributed by atoms with Gasteiger partial charge in [0, 0.05) is 0 Å². The zero-order valence-electron chi connectivity index (χ0n) is 14.7. The number of para-hydroxylation sites is 1. The van der Waals surface area contributed by atoms with E-state index in [9.17, 15) is 14.9 Å². The number of rotatable bonds is 4. The molecule has 0 radical (unpaired) electrons. The lowest BCUT2D eigenvalue weighted by atomic mass is 10.2. The van der Waals surface area contributed by atoms with Gasteiger partial charge in [-0.3, -0.25) is 20.4 Å². The summed E-state index contributed by atoms with van der Waals surface area (Å²) in [5, 5.41) is 13.4. The minimum absolute atomic E-state index is 0.290. The van der Waals surface area contributed by atoms with E-state index in [1.165, 1.54) is 0 Å². The number of benzene rings is 2. The standard InChI is InChI=1S/C19H16N6O2/c1-12-8-9-16-15(10-12)19(27)25(13(2)21-16)24-18(26)17(11-20)23-22-14-6-4-3-5-7-14/h3-10,22H,1-2H3,(H,24,26)/b23-17-. The second kappa shape index (κ2) is 7.49. The molecule has 0 aliphatic carbocycles. The SMILES string of the molecule is Cc1ccc2nc(C)n(NC(=O)/C(C#N)=N\Nc3ccccc3)c(=O)c2c1. The average molecular weight is 360 g/mol. The van der Waals surface area contributed by atoms with E-state index in [2.05, 4.69) is 20.9 Å². The van der Waals surface area contributed by atoms with E-state index >= 15 is 0 Å². The van der Waals surface area contributed by atoms with Gasteiger partial charge in [-0.05, 0) is 38.1 Å². The highest BCUT2D eigenvalue weighted by atomic mass is 16.2. The smallest absolute Gasteiger partial charge is 0.277 e. The lowest BCUT2D eigenvalue weighted by molar-refractivity contribution is -0.111. The molecule has 0 aliphatic heterocycles. The summed E-state index contributed by atoms with van der Waals surface area (Å²) in [7, 11) is 0. The highest BCUT2D eigenvalue weighted by molar-refractivity contribution is 6.47. The Bertz CT molecular complexity index is 1140. The van der Waals surface area contributed by atoms with Crippen molar-refractivity contribution in [2.24, 2.45) is 5.10 Å². The second-order valence-electron chi connectivity index (χ2n) is 5.81. The predicted molar refractivity (Wildman–Crippen MR) is 103 cm³/mol. The van der Waals surface area contributed by atoms with Crippen molar-refractivity contribution < 1.29 is 4.79 Å². The van der Waals surface area contributed by atoms with Crippen LogP contribution >= 0.6 is 0 Å². The van der Waals surface area contributed by atoms with E-state index in [4.69, 9.17) is 0 Å². The van der Waals surface area contributed by atoms with Crippen LogP contribution in [0.15, 0.2) is 58.4 Å². The van der Waals surface area contributed by atoms with Crippen LogP contribution in [-0.4, -0.2) is 21.3 Å². The highest BCUT2D eigenvalue weighted by Gasteiger charge is 2.15. The Morgan fingerprint density at radius 2 is 1.93 bits per heavy atom. The molecule has 8 nitrogen and oxygen atoms in total. The van der Waals surface area contributed by atoms with Crippen molar-refractivity contribution in [2.75, 3.05) is 10.9 Å². The molecule has 1 amide bonds. The first-order valence-electron chi connectivity index (χ1n) is 8.10. The van der Waals surface area contributed by atoms with E-state index in [1.807, 2.05) is 19.1 Å². The third-order valence-corrected chi connectivity index (χ3v) is 3.80. The number of nitriles is 1. The second-order valence-corrected chi connectivity index (χ2v) is 5.81. The van der Waals surface area contributed by atoms with Gasteiger partial charge in [0.15, 0.2) is 0 Å². The molecule has 0 atom stereocenters. The summed E-state index contributed by atoms with van der Waals surface area (Å²) in [6.07, 6.45) is 0. The molecule has 2 N–H and O–H groups in total. The third kappa shape index (κ3) is 3.82. The molecule has 3 rings (SSSR count). The van der Waals surface area contributed by atoms with Crippen LogP contribution in [0.5, 0.6) is 0 Å². The van der Waals surface area contributed by atoms with Gasteiger partial charge < -0.3 is 0 Å². The van der Waals surface area contributed by atoms with E-state index in [0.717, 1.165) is 10.2 Å². The van der Waals surface area contributed by atoms with Gasteiger partial charge >= 0.3 is 5.91 Å². The van der Waals surface area contributed by atoms with Gasteiger partial charge in [-0.2, -0.15) is 10.4 Å². The van der Waals surface area contributed by atoms with Crippen molar-refractivity contribution in [2.45, 2.75) is 13.8 Å². The molecule has 3 aromatic rings. The largest absolute Gasteiger partial charge is 0.301 e. The summed E-state index contributed by atoms with van der Waals surface area (Å²) in [5.41, 5.74) is 6.22. The Balaban J connectivity index is 1.90. The van der Waals surface area contributed by atoms with Crippen molar-refractivity contribution in [1.29, 1.82) is 5.26 Å². The molecule has 0 fully saturated rings. The molecule has 0 spiro atoms. The fourth-order valence-corrected chi connectivity index (χ4v) is 2.46. The van der Waals surface area contributed by atoms with Crippen LogP contribution in [0.25, 0.3) is 10.9 Å². The Kier molecular flexibility index (Phi) is 4.95. The Hall–Kier alpha value is -3.99. The molecule has 2 aromatic carbocycles. The number of amides is 1. The maximum absolute atomic E-state index is 12.7. The lowest BCUT2D eigenvalue weighted by Gasteiger charge is -2.11. The van der Waals surface area contributed by atoms with Crippen molar-refractivity contribution >= 4 is 28.2 Å². The monoisotopic (exact) mass is 360 g/mol. The first kappa shape index (κ1) is 17.8. The number of carbonyl (C=O) groups is 1. The molecule has 1 heterocycles. The molecular weight excluding hydrogens is 344 g/mol. The molecule has 0 bridgehead atoms. The number of aryl methyl sites for hydroxylation is 2. The summed E-state index contributed by atoms with van der Waals surface area (Å²) in [5.74, 6) is -0.530. The third-order valence-electron chi connectivity index (χ3n) is 3.80. The number of anilines is 1. The van der Waals surface area contributed by atoms with Gasteiger partial charge in [0.1, 0.15) is 11.9 Å². The fourth-order valence-electron chi connectivity index (χ4n) is 2.46. The molecule has 134 valence electrons. The van der Waals surface area contributed by atoms with Crippen molar-refractivity contribution in [1.82, 2.24) is 9.66 Å². The normalized spacial score (nSPS) is 11.1. The van der Waals surface area contributed by atoms with Gasteiger partial charge in [0.2, 0.25) is 5.71 Å². The minimum atomic E-state index is -0.820. The molecule has 8 heteroatoms. The van der Waals surface area contributed by atoms with Crippen molar-refractivity contribution in [3.05, 3.63) is 70.3 Å². The number of aromatic nitrogens is 2. The van der Waals surface area contributed by atoms with Gasteiger partial charge in [0.25, 0.3) is 5.56 Å². The molecule has 0 saturated carbocycles. The van der Waals surface area contributed by atoms with Crippen LogP contribution in [0.1, 0.15) is 11.4 Å². The molecule has 1 aromatic heterocycles. The van der Waals surface area contributed by atoms with Crippen LogP contribution in [0.3, 0.4) is 0 Å². The van der Waals surface area contributed by atoms with Crippen LogP contribution in [0, 0.1) is 25.2 Å². The number of fused-ring (bicyclic) bond motifs is 1. The quantitative estimate of drug-likeness (QED) is 0.546. The number of hydrazone groups is 1. The Morgan fingerprint density at radius 3 is 2.63 bits per heavy atom. The topological polar surface area (TPSA) is 112 Å². The van der Waals surface area contributed by atoms with Crippen LogP contribution in [-0.2, 0) is 4.79 Å². The van der Waals surface area contributed by atoms with Gasteiger partial charge in [-0.15, -0.1) is 0 Å². The van der Waals surface area contributed by atoms with Gasteiger partial charge in [-0.25, -0.2) is 9.66 Å². The fraction of sp³-hybridized carbons (Fsp3) is 0.105. The summed E-state index contributed by atoms with van der Waals surface area (Å²) in [4.78, 5) is 29.4. The summed E-state index contributed by atoms with van der Waals surface area (Å²) < 4.78 is 1.01. The van der Waals surface area contributed by atoms with E-state index in [0.29, 0.717) is 16.6 Å². The number of hydrogen-bond acceptors (Lipinski definition) is 6. The number of nitrogens with one attached hydrogen (secondary N) is 2. The van der Waals surface area contributed by atoms with Crippen molar-refractivity contribution in [3.8, 4) is 6.07 Å². The van der Waals surface area contributed by atoms with E-state index in [-0.39, 0.29) is 5.82 Å². The molecule has 0 aliphatic rings. The highest BCUT2D eigenvalue weighted by Crippen LogP contribution is 2.10. The predicted octanol–water partition coefficient (Wildman–Crippen LogP) is 2.08. The number of hydrogen-bond donors (Lipinski definition) is 2. The molecule has 27 heavy (non-hydrogen) atoms. The number of carbonyl (C=O) groups excluding carboxylic acids is 1. The van der Waals surface area contributed by atoms with Crippen LogP contribution in [0.2, 0.25) is 0 Å². The van der Waals surface area contributed by atoms with E-state index < -0.39 is 17.2 Å². The van der Waals surface area contributed by atoms with Gasteiger partial charge in [-0.1, -0.05) is 29.8 Å². The minimum Gasteiger partial charge on any atom is -0.277 e. The van der Waals surface area contributed by atoms with Crippen LogP contribution in [0.4, 0.5) is 5.69 Å². The zero-order valence-corrected chi connectivity index (χ0v) is 14.7.